The number of hydrogen-bond donors (Lipinski definition) is 1. The van der Waals surface area contributed by atoms with Crippen LogP contribution in [0.25, 0.3) is 0 Å². The fourth-order valence-corrected chi connectivity index (χ4v) is 2.86. The van der Waals surface area contributed by atoms with Crippen LogP contribution in [0.4, 0.5) is 11.4 Å². The summed E-state index contributed by atoms with van der Waals surface area (Å²) in [7, 11) is 2.06. The number of carbonyl (C=O) groups excluding carboxylic acids is 1. The molecule has 126 valence electrons. The van der Waals surface area contributed by atoms with Gasteiger partial charge in [0.05, 0.1) is 27.5 Å². The number of aromatic nitrogens is 1. The van der Waals surface area contributed by atoms with E-state index in [0.29, 0.717) is 15.6 Å². The summed E-state index contributed by atoms with van der Waals surface area (Å²) >= 11 is 11.9. The minimum Gasteiger partial charge on any atom is -0.354 e. The lowest BCUT2D eigenvalue weighted by Gasteiger charge is -2.32. The molecule has 3 rings (SSSR count). The molecule has 0 aliphatic carbocycles. The first-order valence-electron chi connectivity index (χ1n) is 7.68. The van der Waals surface area contributed by atoms with Gasteiger partial charge in [0.15, 0.2) is 0 Å². The Morgan fingerprint density at radius 2 is 1.79 bits per heavy atom. The van der Waals surface area contributed by atoms with Crippen molar-refractivity contribution in [1.29, 1.82) is 0 Å². The van der Waals surface area contributed by atoms with Gasteiger partial charge in [-0.2, -0.15) is 0 Å². The summed E-state index contributed by atoms with van der Waals surface area (Å²) in [6.07, 6.45) is 3.27. The van der Waals surface area contributed by atoms with Crippen LogP contribution in [-0.4, -0.2) is 53.9 Å². The van der Waals surface area contributed by atoms with E-state index in [1.165, 1.54) is 0 Å². The molecule has 1 aromatic carbocycles. The van der Waals surface area contributed by atoms with Gasteiger partial charge in [0, 0.05) is 38.1 Å². The van der Waals surface area contributed by atoms with E-state index in [-0.39, 0.29) is 5.91 Å². The monoisotopic (exact) mass is 364 g/mol. The van der Waals surface area contributed by atoms with Crippen LogP contribution in [0, 0.1) is 0 Å². The normalized spacial score (nSPS) is 15.4. The molecular weight excluding hydrogens is 347 g/mol. The van der Waals surface area contributed by atoms with Gasteiger partial charge < -0.3 is 15.1 Å². The second-order valence-electron chi connectivity index (χ2n) is 5.81. The van der Waals surface area contributed by atoms with Gasteiger partial charge in [0.2, 0.25) is 0 Å². The van der Waals surface area contributed by atoms with Crippen LogP contribution in [0.15, 0.2) is 36.7 Å². The summed E-state index contributed by atoms with van der Waals surface area (Å²) in [6, 6.07) is 7.08. The largest absolute Gasteiger partial charge is 0.354 e. The van der Waals surface area contributed by atoms with Crippen molar-refractivity contribution in [2.24, 2.45) is 0 Å². The Balaban J connectivity index is 1.73. The summed E-state index contributed by atoms with van der Waals surface area (Å²) < 4.78 is 0. The molecule has 1 aliphatic rings. The highest BCUT2D eigenvalue weighted by atomic mass is 35.5. The fraction of sp³-hybridized carbons (Fsp3) is 0.294. The number of rotatable bonds is 3. The van der Waals surface area contributed by atoms with Crippen molar-refractivity contribution in [1.82, 2.24) is 14.8 Å². The predicted octanol–water partition coefficient (Wildman–Crippen LogP) is 3.52. The molecule has 1 amide bonds. The number of nitrogens with one attached hydrogen (secondary N) is 1. The number of benzene rings is 1. The van der Waals surface area contributed by atoms with Crippen molar-refractivity contribution in [3.05, 3.63) is 52.3 Å². The van der Waals surface area contributed by atoms with Gasteiger partial charge in [-0.1, -0.05) is 23.2 Å². The second kappa shape index (κ2) is 7.38. The van der Waals surface area contributed by atoms with Gasteiger partial charge in [-0.25, -0.2) is 0 Å². The van der Waals surface area contributed by atoms with Gasteiger partial charge in [-0.15, -0.1) is 0 Å². The summed E-state index contributed by atoms with van der Waals surface area (Å²) in [4.78, 5) is 20.9. The lowest BCUT2D eigenvalue weighted by molar-refractivity contribution is 0.0663. The van der Waals surface area contributed by atoms with Gasteiger partial charge in [0.25, 0.3) is 5.91 Å². The van der Waals surface area contributed by atoms with Crippen molar-refractivity contribution >= 4 is 40.5 Å². The van der Waals surface area contributed by atoms with Crippen LogP contribution in [0.1, 0.15) is 10.4 Å². The van der Waals surface area contributed by atoms with Crippen LogP contribution in [0.2, 0.25) is 10.0 Å². The van der Waals surface area contributed by atoms with E-state index in [1.54, 1.807) is 30.6 Å². The molecule has 0 radical (unpaired) electrons. The standard InChI is InChI=1S/C17H18Cl2N4O/c1-22-4-6-23(7-5-22)17(24)12-8-14(11-20-10-12)21-13-2-3-15(18)16(19)9-13/h2-3,8-11,21H,4-7H2,1H3. The van der Waals surface area contributed by atoms with E-state index in [2.05, 4.69) is 22.2 Å². The minimum absolute atomic E-state index is 0.00777. The first-order valence-corrected chi connectivity index (χ1v) is 8.43. The Kier molecular flexibility index (Phi) is 5.23. The Morgan fingerprint density at radius 1 is 1.04 bits per heavy atom. The Morgan fingerprint density at radius 3 is 2.50 bits per heavy atom. The molecular formula is C17H18Cl2N4O. The van der Waals surface area contributed by atoms with E-state index in [9.17, 15) is 4.79 Å². The van der Waals surface area contributed by atoms with E-state index in [0.717, 1.165) is 37.6 Å². The van der Waals surface area contributed by atoms with E-state index >= 15 is 0 Å². The number of amides is 1. The van der Waals surface area contributed by atoms with Crippen molar-refractivity contribution in [2.75, 3.05) is 38.5 Å². The fourth-order valence-electron chi connectivity index (χ4n) is 2.56. The number of anilines is 2. The average Bonchev–Trinajstić information content (AvgIpc) is 2.58. The van der Waals surface area contributed by atoms with Gasteiger partial charge in [0.1, 0.15) is 0 Å². The summed E-state index contributed by atoms with van der Waals surface area (Å²) in [5, 5.41) is 4.16. The van der Waals surface area contributed by atoms with Gasteiger partial charge >= 0.3 is 0 Å². The number of pyridine rings is 1. The Labute approximate surface area is 151 Å². The molecule has 1 fully saturated rings. The molecule has 5 nitrogen and oxygen atoms in total. The van der Waals surface area contributed by atoms with Crippen LogP contribution in [-0.2, 0) is 0 Å². The summed E-state index contributed by atoms with van der Waals surface area (Å²) in [5.41, 5.74) is 2.09. The lowest BCUT2D eigenvalue weighted by atomic mass is 10.2. The Hall–Kier alpha value is -1.82. The minimum atomic E-state index is 0.00777. The highest BCUT2D eigenvalue weighted by Gasteiger charge is 2.20. The number of hydrogen-bond acceptors (Lipinski definition) is 4. The predicted molar refractivity (Wildman–Crippen MR) is 97.4 cm³/mol. The molecule has 2 heterocycles. The highest BCUT2D eigenvalue weighted by molar-refractivity contribution is 6.42. The highest BCUT2D eigenvalue weighted by Crippen LogP contribution is 2.27. The topological polar surface area (TPSA) is 48.5 Å². The average molecular weight is 365 g/mol. The molecule has 0 saturated carbocycles. The van der Waals surface area contributed by atoms with E-state index in [4.69, 9.17) is 23.2 Å². The van der Waals surface area contributed by atoms with Crippen LogP contribution in [0.3, 0.4) is 0 Å². The third-order valence-electron chi connectivity index (χ3n) is 3.98. The number of carbonyl (C=O) groups is 1. The Bertz CT molecular complexity index is 745. The molecule has 1 aliphatic heterocycles. The summed E-state index contributed by atoms with van der Waals surface area (Å²) in [6.45, 7) is 3.25. The smallest absolute Gasteiger partial charge is 0.255 e. The van der Waals surface area contributed by atoms with Gasteiger partial charge in [-0.3, -0.25) is 9.78 Å². The maximum Gasteiger partial charge on any atom is 0.255 e. The first kappa shape index (κ1) is 17.0. The zero-order valence-electron chi connectivity index (χ0n) is 13.3. The zero-order chi connectivity index (χ0) is 17.1. The van der Waals surface area contributed by atoms with Crippen LogP contribution < -0.4 is 5.32 Å². The SMILES string of the molecule is CN1CCN(C(=O)c2cncc(Nc3ccc(Cl)c(Cl)c3)c2)CC1. The molecule has 1 N–H and O–H groups in total. The molecule has 1 saturated heterocycles. The summed E-state index contributed by atoms with van der Waals surface area (Å²) in [5.74, 6) is 0.00777. The quantitative estimate of drug-likeness (QED) is 0.904. The lowest BCUT2D eigenvalue weighted by Crippen LogP contribution is -2.47. The van der Waals surface area contributed by atoms with E-state index < -0.39 is 0 Å². The number of likely N-dealkylation sites (N-methyl/N-ethyl adjacent to an activating group) is 1. The molecule has 0 spiro atoms. The van der Waals surface area contributed by atoms with Crippen molar-refractivity contribution < 1.29 is 4.79 Å². The van der Waals surface area contributed by atoms with Crippen molar-refractivity contribution in [3.8, 4) is 0 Å². The van der Waals surface area contributed by atoms with Crippen LogP contribution >= 0.6 is 23.2 Å². The first-order chi connectivity index (χ1) is 11.5. The van der Waals surface area contributed by atoms with Crippen LogP contribution in [0.5, 0.6) is 0 Å². The second-order valence-corrected chi connectivity index (χ2v) is 6.63. The number of piperazine rings is 1. The third kappa shape index (κ3) is 3.98. The number of nitrogens with zero attached hydrogens (tertiary/aromatic N) is 3. The zero-order valence-corrected chi connectivity index (χ0v) is 14.8. The molecule has 1 aromatic heterocycles. The van der Waals surface area contributed by atoms with Crippen molar-refractivity contribution in [2.45, 2.75) is 0 Å². The molecule has 0 bridgehead atoms. The van der Waals surface area contributed by atoms with Crippen molar-refractivity contribution in [3.63, 3.8) is 0 Å². The molecule has 0 unspecified atom stereocenters. The third-order valence-corrected chi connectivity index (χ3v) is 4.72. The number of halogens is 2. The molecule has 0 atom stereocenters. The van der Waals surface area contributed by atoms with E-state index in [1.807, 2.05) is 11.0 Å². The maximum atomic E-state index is 12.6. The maximum absolute atomic E-state index is 12.6. The molecule has 2 aromatic rings. The van der Waals surface area contributed by atoms with Gasteiger partial charge in [-0.05, 0) is 31.3 Å². The molecule has 24 heavy (non-hydrogen) atoms. The molecule has 7 heteroatoms.